The predicted octanol–water partition coefficient (Wildman–Crippen LogP) is 1.91. The molecule has 3 rings (SSSR count). The van der Waals surface area contributed by atoms with Gasteiger partial charge in [0.2, 0.25) is 11.8 Å². The highest BCUT2D eigenvalue weighted by Crippen LogP contribution is 2.22. The Morgan fingerprint density at radius 2 is 1.84 bits per heavy atom. The number of nitrogens with one attached hydrogen (secondary N) is 1. The number of piperazine rings is 1. The fraction of sp³-hybridized carbons (Fsp3) is 0.381. The lowest BCUT2D eigenvalue weighted by Crippen LogP contribution is -2.49. The Morgan fingerprint density at radius 1 is 1.16 bits per heavy atom. The molecule has 2 heterocycles. The van der Waals surface area contributed by atoms with Gasteiger partial charge in [0, 0.05) is 39.2 Å². The third-order valence-corrected chi connectivity index (χ3v) is 5.17. The molecule has 1 atom stereocenters. The molecule has 1 aliphatic rings. The summed E-state index contributed by atoms with van der Waals surface area (Å²) in [6, 6.07) is 9.88. The van der Waals surface area contributed by atoms with Crippen LogP contribution in [0.4, 0.5) is 11.5 Å². The van der Waals surface area contributed by atoms with E-state index in [1.54, 1.807) is 30.2 Å². The molecule has 1 aromatic carbocycles. The van der Waals surface area contributed by atoms with Crippen LogP contribution in [0.1, 0.15) is 24.9 Å². The van der Waals surface area contributed by atoms with Gasteiger partial charge >= 0.3 is 0 Å². The summed E-state index contributed by atoms with van der Waals surface area (Å²) in [5, 5.41) is 13.6. The van der Waals surface area contributed by atoms with Crippen LogP contribution in [-0.4, -0.2) is 59.9 Å². The zero-order valence-corrected chi connectivity index (χ0v) is 17.5. The van der Waals surface area contributed by atoms with E-state index in [0.29, 0.717) is 37.7 Å². The van der Waals surface area contributed by atoms with Crippen molar-refractivity contribution in [3.63, 3.8) is 0 Å². The molecule has 2 aromatic rings. The molecule has 1 unspecified atom stereocenters. The number of carbonyl (C=O) groups is 2. The lowest BCUT2D eigenvalue weighted by atomic mass is 10.0. The van der Waals surface area contributed by atoms with Crippen molar-refractivity contribution in [2.24, 2.45) is 0 Å². The van der Waals surface area contributed by atoms with Gasteiger partial charge in [0.15, 0.2) is 0 Å². The molecule has 10 heteroatoms. The molecule has 0 spiro atoms. The summed E-state index contributed by atoms with van der Waals surface area (Å²) in [5.74, 6) is 1.09. The predicted molar refractivity (Wildman–Crippen MR) is 114 cm³/mol. The van der Waals surface area contributed by atoms with E-state index in [2.05, 4.69) is 10.3 Å². The summed E-state index contributed by atoms with van der Waals surface area (Å²) in [5.41, 5.74) is 0.776. The molecular formula is C21H25N5O5. The first kappa shape index (κ1) is 22.0. The smallest absolute Gasteiger partial charge is 0.287 e. The van der Waals surface area contributed by atoms with Crippen molar-refractivity contribution in [3.05, 3.63) is 58.3 Å². The SMILES string of the molecule is COc1ccc(C(CC(=O)N2CCN(c3ccc([N+](=O)[O-])cn3)CC2)NC(C)=O)cc1. The molecule has 0 bridgehead atoms. The molecule has 1 fully saturated rings. The van der Waals surface area contributed by atoms with Gasteiger partial charge in [-0.2, -0.15) is 0 Å². The molecule has 1 aromatic heterocycles. The van der Waals surface area contributed by atoms with Crippen molar-refractivity contribution in [2.75, 3.05) is 38.2 Å². The quantitative estimate of drug-likeness (QED) is 0.530. The van der Waals surface area contributed by atoms with Gasteiger partial charge in [0.05, 0.1) is 24.5 Å². The molecule has 10 nitrogen and oxygen atoms in total. The number of amides is 2. The Bertz CT molecular complexity index is 924. The number of pyridine rings is 1. The minimum atomic E-state index is -0.484. The van der Waals surface area contributed by atoms with E-state index in [-0.39, 0.29) is 23.9 Å². The summed E-state index contributed by atoms with van der Waals surface area (Å²) < 4.78 is 5.17. The minimum Gasteiger partial charge on any atom is -0.497 e. The average molecular weight is 427 g/mol. The van der Waals surface area contributed by atoms with Crippen LogP contribution in [0.3, 0.4) is 0 Å². The normalized spacial score (nSPS) is 14.6. The maximum absolute atomic E-state index is 12.9. The summed E-state index contributed by atoms with van der Waals surface area (Å²) in [6.45, 7) is 3.59. The van der Waals surface area contributed by atoms with Gasteiger partial charge in [0.1, 0.15) is 17.8 Å². The van der Waals surface area contributed by atoms with Gasteiger partial charge in [-0.3, -0.25) is 19.7 Å². The Morgan fingerprint density at radius 3 is 2.35 bits per heavy atom. The van der Waals surface area contributed by atoms with E-state index in [4.69, 9.17) is 4.74 Å². The van der Waals surface area contributed by atoms with E-state index in [0.717, 1.165) is 5.56 Å². The molecule has 31 heavy (non-hydrogen) atoms. The van der Waals surface area contributed by atoms with E-state index >= 15 is 0 Å². The van der Waals surface area contributed by atoms with Crippen molar-refractivity contribution >= 4 is 23.3 Å². The zero-order valence-electron chi connectivity index (χ0n) is 17.5. The Labute approximate surface area is 180 Å². The summed E-state index contributed by atoms with van der Waals surface area (Å²) in [4.78, 5) is 42.7. The first-order chi connectivity index (χ1) is 14.9. The average Bonchev–Trinajstić information content (AvgIpc) is 2.78. The van der Waals surface area contributed by atoms with E-state index in [1.807, 2.05) is 17.0 Å². The van der Waals surface area contributed by atoms with Crippen molar-refractivity contribution in [1.29, 1.82) is 0 Å². The van der Waals surface area contributed by atoms with Crippen LogP contribution in [0, 0.1) is 10.1 Å². The largest absolute Gasteiger partial charge is 0.497 e. The molecular weight excluding hydrogens is 402 g/mol. The highest BCUT2D eigenvalue weighted by molar-refractivity contribution is 5.79. The second-order valence-electron chi connectivity index (χ2n) is 7.23. The lowest BCUT2D eigenvalue weighted by molar-refractivity contribution is -0.385. The summed E-state index contributed by atoms with van der Waals surface area (Å²) in [7, 11) is 1.58. The highest BCUT2D eigenvalue weighted by Gasteiger charge is 2.25. The fourth-order valence-electron chi connectivity index (χ4n) is 3.50. The number of anilines is 1. The molecule has 164 valence electrons. The fourth-order valence-corrected chi connectivity index (χ4v) is 3.50. The number of aromatic nitrogens is 1. The van der Waals surface area contributed by atoms with E-state index < -0.39 is 11.0 Å². The second-order valence-corrected chi connectivity index (χ2v) is 7.23. The van der Waals surface area contributed by atoms with Gasteiger partial charge < -0.3 is 19.9 Å². The monoisotopic (exact) mass is 427 g/mol. The number of nitrogens with zero attached hydrogens (tertiary/aromatic N) is 4. The van der Waals surface area contributed by atoms with Crippen molar-refractivity contribution < 1.29 is 19.2 Å². The maximum Gasteiger partial charge on any atom is 0.287 e. The number of rotatable bonds is 7. The first-order valence-electron chi connectivity index (χ1n) is 9.91. The number of hydrogen-bond donors (Lipinski definition) is 1. The number of hydrogen-bond acceptors (Lipinski definition) is 7. The van der Waals surface area contributed by atoms with Crippen LogP contribution in [0.5, 0.6) is 5.75 Å². The van der Waals surface area contributed by atoms with Crippen LogP contribution in [-0.2, 0) is 9.59 Å². The zero-order chi connectivity index (χ0) is 22.4. The Kier molecular flexibility index (Phi) is 7.01. The highest BCUT2D eigenvalue weighted by atomic mass is 16.6. The molecule has 0 saturated carbocycles. The number of benzene rings is 1. The van der Waals surface area contributed by atoms with Crippen molar-refractivity contribution in [1.82, 2.24) is 15.2 Å². The maximum atomic E-state index is 12.9. The molecule has 1 N–H and O–H groups in total. The van der Waals surface area contributed by atoms with Crippen LogP contribution in [0.25, 0.3) is 0 Å². The molecule has 0 radical (unpaired) electrons. The second kappa shape index (κ2) is 9.88. The number of nitro groups is 1. The van der Waals surface area contributed by atoms with Crippen LogP contribution in [0.2, 0.25) is 0 Å². The summed E-state index contributed by atoms with van der Waals surface area (Å²) >= 11 is 0. The van der Waals surface area contributed by atoms with Gasteiger partial charge in [-0.25, -0.2) is 4.98 Å². The van der Waals surface area contributed by atoms with Gasteiger partial charge in [-0.05, 0) is 23.8 Å². The number of ether oxygens (including phenoxy) is 1. The third kappa shape index (κ3) is 5.68. The molecule has 0 aliphatic carbocycles. The summed E-state index contributed by atoms with van der Waals surface area (Å²) in [6.07, 6.45) is 1.39. The van der Waals surface area contributed by atoms with Gasteiger partial charge in [-0.15, -0.1) is 0 Å². The molecule has 2 amide bonds. The number of carbonyl (C=O) groups excluding carboxylic acids is 2. The van der Waals surface area contributed by atoms with Crippen molar-refractivity contribution in [3.8, 4) is 5.75 Å². The van der Waals surface area contributed by atoms with Crippen LogP contribution < -0.4 is 15.0 Å². The number of methoxy groups -OCH3 is 1. The van der Waals surface area contributed by atoms with Crippen LogP contribution in [0.15, 0.2) is 42.6 Å². The molecule has 1 saturated heterocycles. The standard InChI is InChI=1S/C21H25N5O5/c1-15(27)23-19(16-3-6-18(31-2)7-4-16)13-21(28)25-11-9-24(10-12-25)20-8-5-17(14-22-20)26(29)30/h3-8,14,19H,9-13H2,1-2H3,(H,23,27). The van der Waals surface area contributed by atoms with Crippen molar-refractivity contribution in [2.45, 2.75) is 19.4 Å². The minimum absolute atomic E-state index is 0.0501. The van der Waals surface area contributed by atoms with Gasteiger partial charge in [-0.1, -0.05) is 12.1 Å². The van der Waals surface area contributed by atoms with Crippen LogP contribution >= 0.6 is 0 Å². The van der Waals surface area contributed by atoms with Gasteiger partial charge in [0.25, 0.3) is 5.69 Å². The topological polar surface area (TPSA) is 118 Å². The Balaban J connectivity index is 1.60. The first-order valence-corrected chi connectivity index (χ1v) is 9.91. The van der Waals surface area contributed by atoms with E-state index in [1.165, 1.54) is 19.2 Å². The Hall–Kier alpha value is -3.69. The lowest BCUT2D eigenvalue weighted by Gasteiger charge is -2.36. The third-order valence-electron chi connectivity index (χ3n) is 5.17. The molecule has 1 aliphatic heterocycles. The van der Waals surface area contributed by atoms with E-state index in [9.17, 15) is 19.7 Å².